The van der Waals surface area contributed by atoms with Crippen molar-refractivity contribution < 1.29 is 27.5 Å². The number of sulfone groups is 1. The van der Waals surface area contributed by atoms with E-state index in [-0.39, 0.29) is 23.4 Å². The Labute approximate surface area is 169 Å². The molecular weight excluding hydrogens is 396 g/mol. The number of carbonyl (C=O) groups excluding carboxylic acids is 2. The maximum Gasteiger partial charge on any atom is 0.263 e. The quantitative estimate of drug-likeness (QED) is 0.540. The van der Waals surface area contributed by atoms with Crippen molar-refractivity contribution >= 4 is 27.3 Å². The first kappa shape index (κ1) is 20.7. The molecule has 1 aliphatic heterocycles. The number of ether oxygens (including phenoxy) is 2. The summed E-state index contributed by atoms with van der Waals surface area (Å²) in [6.07, 6.45) is 1.06. The number of methoxy groups -OCH3 is 1. The Morgan fingerprint density at radius 3 is 2.41 bits per heavy atom. The smallest absolute Gasteiger partial charge is 0.263 e. The molecule has 1 unspecified atom stereocenters. The van der Waals surface area contributed by atoms with Crippen molar-refractivity contribution in [2.24, 2.45) is 0 Å². The van der Waals surface area contributed by atoms with Crippen molar-refractivity contribution in [1.82, 2.24) is 4.90 Å². The summed E-state index contributed by atoms with van der Waals surface area (Å²) in [5, 5.41) is -1.13. The Kier molecular flexibility index (Phi) is 5.52. The number of nitrogen functional groups attached to an aromatic ring is 1. The van der Waals surface area contributed by atoms with E-state index in [9.17, 15) is 18.0 Å². The lowest BCUT2D eigenvalue weighted by atomic mass is 10.1. The highest BCUT2D eigenvalue weighted by Gasteiger charge is 2.40. The number of benzene rings is 2. The van der Waals surface area contributed by atoms with E-state index < -0.39 is 26.9 Å². The van der Waals surface area contributed by atoms with Crippen LogP contribution in [0.4, 0.5) is 5.69 Å². The second-order valence-corrected chi connectivity index (χ2v) is 8.88. The predicted octanol–water partition coefficient (Wildman–Crippen LogP) is 2.06. The van der Waals surface area contributed by atoms with Crippen LogP contribution in [-0.4, -0.2) is 51.6 Å². The lowest BCUT2D eigenvalue weighted by molar-refractivity contribution is 0.0654. The summed E-state index contributed by atoms with van der Waals surface area (Å²) >= 11 is 0. The highest BCUT2D eigenvalue weighted by atomic mass is 32.2. The van der Waals surface area contributed by atoms with Gasteiger partial charge in [0.25, 0.3) is 11.8 Å². The summed E-state index contributed by atoms with van der Waals surface area (Å²) in [5.74, 6) is -0.330. The molecule has 0 saturated carbocycles. The molecule has 154 valence electrons. The number of hydrogen-bond acceptors (Lipinski definition) is 7. The zero-order valence-corrected chi connectivity index (χ0v) is 17.2. The Hall–Kier alpha value is -3.07. The molecule has 1 heterocycles. The number of hydrogen-bond donors (Lipinski definition) is 1. The summed E-state index contributed by atoms with van der Waals surface area (Å²) in [7, 11) is -2.19. The van der Waals surface area contributed by atoms with Crippen molar-refractivity contribution in [3.63, 3.8) is 0 Å². The fraction of sp³-hybridized carbons (Fsp3) is 0.300. The number of nitrogens with zero attached hydrogens (tertiary/aromatic N) is 1. The van der Waals surface area contributed by atoms with E-state index in [1.807, 2.05) is 0 Å². The largest absolute Gasteiger partial charge is 0.493 e. The van der Waals surface area contributed by atoms with Crippen molar-refractivity contribution in [2.75, 3.05) is 32.3 Å². The molecule has 1 atom stereocenters. The lowest BCUT2D eigenvalue weighted by Crippen LogP contribution is -2.36. The Morgan fingerprint density at radius 1 is 1.10 bits per heavy atom. The summed E-state index contributed by atoms with van der Waals surface area (Å²) in [4.78, 5) is 26.4. The van der Waals surface area contributed by atoms with Crippen molar-refractivity contribution in [2.45, 2.75) is 12.2 Å². The summed E-state index contributed by atoms with van der Waals surface area (Å²) in [5.41, 5.74) is 6.70. The van der Waals surface area contributed by atoms with Crippen molar-refractivity contribution in [1.29, 1.82) is 0 Å². The zero-order chi connectivity index (χ0) is 21.3. The molecule has 3 rings (SSSR count). The molecule has 8 nitrogen and oxygen atoms in total. The molecule has 0 saturated heterocycles. The van der Waals surface area contributed by atoms with Gasteiger partial charge < -0.3 is 15.2 Å². The zero-order valence-electron chi connectivity index (χ0n) is 16.3. The molecule has 2 amide bonds. The van der Waals surface area contributed by atoms with Gasteiger partial charge in [-0.1, -0.05) is 12.1 Å². The van der Waals surface area contributed by atoms with Crippen molar-refractivity contribution in [3.05, 3.63) is 53.1 Å². The fourth-order valence-electron chi connectivity index (χ4n) is 3.34. The monoisotopic (exact) mass is 418 g/mol. The van der Waals surface area contributed by atoms with E-state index in [1.165, 1.54) is 19.2 Å². The molecule has 0 aliphatic carbocycles. The average Bonchev–Trinajstić information content (AvgIpc) is 2.90. The number of rotatable bonds is 7. The van der Waals surface area contributed by atoms with E-state index >= 15 is 0 Å². The molecule has 0 radical (unpaired) electrons. The van der Waals surface area contributed by atoms with Gasteiger partial charge in [-0.2, -0.15) is 0 Å². The van der Waals surface area contributed by atoms with Gasteiger partial charge in [-0.3, -0.25) is 14.5 Å². The molecule has 2 aromatic rings. The number of nitrogens with two attached hydrogens (primary N) is 1. The lowest BCUT2D eigenvalue weighted by Gasteiger charge is -2.22. The minimum Gasteiger partial charge on any atom is -0.493 e. The molecule has 9 heteroatoms. The highest BCUT2D eigenvalue weighted by Crippen LogP contribution is 2.35. The average molecular weight is 418 g/mol. The molecule has 2 N–H and O–H groups in total. The van der Waals surface area contributed by atoms with Gasteiger partial charge in [-0.15, -0.1) is 0 Å². The molecule has 0 fully saturated rings. The number of fused-ring (bicyclic) bond motifs is 1. The molecule has 2 aromatic carbocycles. The van der Waals surface area contributed by atoms with Gasteiger partial charge in [-0.05, 0) is 36.8 Å². The van der Waals surface area contributed by atoms with E-state index in [4.69, 9.17) is 15.2 Å². The standard InChI is InChI=1S/C20H22N2O6S/c1-4-28-16-10-12(8-9-15(16)27-2)17(29(3,25)26)11-22-19(23)13-6-5-7-14(21)18(13)20(22)24/h5-10,17H,4,11,21H2,1-3H3. The van der Waals surface area contributed by atoms with Gasteiger partial charge in [0.05, 0.1) is 31.4 Å². The fourth-order valence-corrected chi connectivity index (χ4v) is 4.40. The topological polar surface area (TPSA) is 116 Å². The Balaban J connectivity index is 2.01. The Bertz CT molecular complexity index is 1080. The van der Waals surface area contributed by atoms with Gasteiger partial charge >= 0.3 is 0 Å². The molecule has 29 heavy (non-hydrogen) atoms. The van der Waals surface area contributed by atoms with Crippen LogP contribution in [0, 0.1) is 0 Å². The molecule has 0 spiro atoms. The van der Waals surface area contributed by atoms with Crippen LogP contribution in [0.3, 0.4) is 0 Å². The van der Waals surface area contributed by atoms with Crippen LogP contribution in [0.15, 0.2) is 36.4 Å². The molecule has 1 aliphatic rings. The van der Waals surface area contributed by atoms with Crippen LogP contribution in [0.1, 0.15) is 38.5 Å². The Morgan fingerprint density at radius 2 is 1.83 bits per heavy atom. The van der Waals surface area contributed by atoms with Crippen LogP contribution in [0.25, 0.3) is 0 Å². The maximum absolute atomic E-state index is 12.8. The minimum absolute atomic E-state index is 0.106. The minimum atomic E-state index is -3.67. The van der Waals surface area contributed by atoms with Gasteiger partial charge in [0, 0.05) is 11.9 Å². The molecule has 0 aromatic heterocycles. The number of carbonyl (C=O) groups is 2. The molecule has 0 bridgehead atoms. The van der Waals surface area contributed by atoms with Crippen molar-refractivity contribution in [3.8, 4) is 11.5 Å². The first-order valence-corrected chi connectivity index (χ1v) is 10.9. The second kappa shape index (κ2) is 7.75. The van der Waals surface area contributed by atoms with Crippen LogP contribution >= 0.6 is 0 Å². The maximum atomic E-state index is 12.8. The number of anilines is 1. The van der Waals surface area contributed by atoms with E-state index in [0.717, 1.165) is 11.2 Å². The van der Waals surface area contributed by atoms with Crippen LogP contribution in [0.5, 0.6) is 11.5 Å². The normalized spacial score (nSPS) is 14.7. The molecular formula is C20H22N2O6S. The first-order valence-electron chi connectivity index (χ1n) is 8.93. The van der Waals surface area contributed by atoms with E-state index in [1.54, 1.807) is 31.2 Å². The predicted molar refractivity (Wildman–Crippen MR) is 108 cm³/mol. The van der Waals surface area contributed by atoms with Gasteiger partial charge in [0.1, 0.15) is 5.25 Å². The third-order valence-corrected chi connectivity index (χ3v) is 6.21. The second-order valence-electron chi connectivity index (χ2n) is 6.65. The van der Waals surface area contributed by atoms with Crippen LogP contribution in [0.2, 0.25) is 0 Å². The van der Waals surface area contributed by atoms with Gasteiger partial charge in [0.15, 0.2) is 21.3 Å². The van der Waals surface area contributed by atoms with E-state index in [0.29, 0.717) is 23.7 Å². The summed E-state index contributed by atoms with van der Waals surface area (Å²) in [6, 6.07) is 9.34. The third-order valence-electron chi connectivity index (χ3n) is 4.76. The third kappa shape index (κ3) is 3.77. The first-order chi connectivity index (χ1) is 13.7. The number of imide groups is 1. The van der Waals surface area contributed by atoms with Crippen LogP contribution < -0.4 is 15.2 Å². The highest BCUT2D eigenvalue weighted by molar-refractivity contribution is 7.91. The summed E-state index contributed by atoms with van der Waals surface area (Å²) in [6.45, 7) is 1.83. The summed E-state index contributed by atoms with van der Waals surface area (Å²) < 4.78 is 35.9. The van der Waals surface area contributed by atoms with Gasteiger partial charge in [0.2, 0.25) is 0 Å². The van der Waals surface area contributed by atoms with Crippen LogP contribution in [-0.2, 0) is 9.84 Å². The number of amides is 2. The van der Waals surface area contributed by atoms with Gasteiger partial charge in [-0.25, -0.2) is 8.42 Å². The van der Waals surface area contributed by atoms with E-state index in [2.05, 4.69) is 0 Å². The SMILES string of the molecule is CCOc1cc(C(CN2C(=O)c3cccc(N)c3C2=O)S(C)(=O)=O)ccc1OC.